The SMILES string of the molecule is CC(C)(C)OC(=O)N[C@@H]1C[C@@H]2CCC[C@H](C(=O)O)N2C1=O. The van der Waals surface area contributed by atoms with Crippen LogP contribution in [0, 0.1) is 0 Å². The van der Waals surface area contributed by atoms with Gasteiger partial charge < -0.3 is 20.1 Å². The first-order valence-electron chi connectivity index (χ1n) is 7.23. The standard InChI is InChI=1S/C14H22N2O5/c1-14(2,3)21-13(20)15-9-7-8-5-4-6-10(12(18)19)16(8)11(9)17/h8-10H,4-7H2,1-3H3,(H,15,20)(H,18,19)/t8-,9+,10+/m0/s1. The van der Waals surface area contributed by atoms with Crippen LogP contribution in [-0.4, -0.2) is 51.7 Å². The van der Waals surface area contributed by atoms with Crippen molar-refractivity contribution in [3.63, 3.8) is 0 Å². The Morgan fingerprint density at radius 1 is 1.33 bits per heavy atom. The zero-order chi connectivity index (χ0) is 15.8. The number of aliphatic carboxylic acids is 1. The van der Waals surface area contributed by atoms with Crippen LogP contribution >= 0.6 is 0 Å². The molecular formula is C14H22N2O5. The molecule has 0 aliphatic carbocycles. The number of hydrogen-bond acceptors (Lipinski definition) is 4. The molecular weight excluding hydrogens is 276 g/mol. The van der Waals surface area contributed by atoms with Crippen molar-refractivity contribution < 1.29 is 24.2 Å². The summed E-state index contributed by atoms with van der Waals surface area (Å²) in [6.45, 7) is 5.23. The van der Waals surface area contributed by atoms with Gasteiger partial charge in [-0.1, -0.05) is 0 Å². The van der Waals surface area contributed by atoms with Crippen LogP contribution in [0.3, 0.4) is 0 Å². The zero-order valence-electron chi connectivity index (χ0n) is 12.6. The Morgan fingerprint density at radius 2 is 2.00 bits per heavy atom. The third-order valence-electron chi connectivity index (χ3n) is 3.78. The van der Waals surface area contributed by atoms with E-state index >= 15 is 0 Å². The minimum absolute atomic E-state index is 0.104. The summed E-state index contributed by atoms with van der Waals surface area (Å²) in [6.07, 6.45) is 1.83. The van der Waals surface area contributed by atoms with Crippen LogP contribution in [0.25, 0.3) is 0 Å². The summed E-state index contributed by atoms with van der Waals surface area (Å²) >= 11 is 0. The highest BCUT2D eigenvalue weighted by Crippen LogP contribution is 2.32. The Morgan fingerprint density at radius 3 is 2.57 bits per heavy atom. The number of nitrogens with zero attached hydrogens (tertiary/aromatic N) is 1. The van der Waals surface area contributed by atoms with E-state index < -0.39 is 29.7 Å². The van der Waals surface area contributed by atoms with E-state index in [2.05, 4.69) is 5.32 Å². The first-order chi connectivity index (χ1) is 9.69. The summed E-state index contributed by atoms with van der Waals surface area (Å²) in [5.74, 6) is -1.30. The molecule has 0 aromatic rings. The van der Waals surface area contributed by atoms with Crippen molar-refractivity contribution in [3.8, 4) is 0 Å². The third-order valence-corrected chi connectivity index (χ3v) is 3.78. The molecule has 2 saturated heterocycles. The van der Waals surface area contributed by atoms with Crippen molar-refractivity contribution >= 4 is 18.0 Å². The largest absolute Gasteiger partial charge is 0.480 e. The number of amides is 2. The van der Waals surface area contributed by atoms with Gasteiger partial charge in [0.25, 0.3) is 0 Å². The van der Waals surface area contributed by atoms with E-state index in [1.807, 2.05) is 0 Å². The number of hydrogen-bond donors (Lipinski definition) is 2. The molecule has 7 heteroatoms. The molecule has 0 aromatic heterocycles. The van der Waals surface area contributed by atoms with E-state index in [1.165, 1.54) is 4.90 Å². The van der Waals surface area contributed by atoms with Gasteiger partial charge in [-0.05, 0) is 46.5 Å². The van der Waals surface area contributed by atoms with Gasteiger partial charge in [0.05, 0.1) is 0 Å². The van der Waals surface area contributed by atoms with E-state index in [0.29, 0.717) is 12.8 Å². The maximum absolute atomic E-state index is 12.3. The predicted molar refractivity (Wildman–Crippen MR) is 73.7 cm³/mol. The molecule has 0 spiro atoms. The number of carboxylic acids is 1. The van der Waals surface area contributed by atoms with Crippen LogP contribution < -0.4 is 5.32 Å². The van der Waals surface area contributed by atoms with Gasteiger partial charge in [-0.15, -0.1) is 0 Å². The topological polar surface area (TPSA) is 95.9 Å². The van der Waals surface area contributed by atoms with Crippen LogP contribution in [-0.2, 0) is 14.3 Å². The molecule has 2 rings (SSSR count). The summed E-state index contributed by atoms with van der Waals surface area (Å²) in [6, 6.07) is -1.57. The Kier molecular flexibility index (Phi) is 4.11. The van der Waals surface area contributed by atoms with Crippen LogP contribution in [0.2, 0.25) is 0 Å². The lowest BCUT2D eigenvalue weighted by Gasteiger charge is -2.34. The van der Waals surface area contributed by atoms with Gasteiger partial charge in [-0.3, -0.25) is 4.79 Å². The van der Waals surface area contributed by atoms with E-state index in [1.54, 1.807) is 20.8 Å². The Balaban J connectivity index is 2.03. The molecule has 21 heavy (non-hydrogen) atoms. The van der Waals surface area contributed by atoms with Gasteiger partial charge in [0.2, 0.25) is 5.91 Å². The average molecular weight is 298 g/mol. The van der Waals surface area contributed by atoms with E-state index in [4.69, 9.17) is 4.74 Å². The van der Waals surface area contributed by atoms with Gasteiger partial charge in [0.1, 0.15) is 17.7 Å². The van der Waals surface area contributed by atoms with Gasteiger partial charge in [0, 0.05) is 6.04 Å². The lowest BCUT2D eigenvalue weighted by atomic mass is 9.96. The lowest BCUT2D eigenvalue weighted by Crippen LogP contribution is -2.51. The van der Waals surface area contributed by atoms with Crippen molar-refractivity contribution in [2.75, 3.05) is 0 Å². The molecule has 0 radical (unpaired) electrons. The summed E-state index contributed by atoms with van der Waals surface area (Å²) in [7, 11) is 0. The minimum atomic E-state index is -0.981. The minimum Gasteiger partial charge on any atom is -0.480 e. The number of carboxylic acid groups (broad SMARTS) is 1. The molecule has 2 heterocycles. The third kappa shape index (κ3) is 3.46. The normalized spacial score (nSPS) is 29.0. The maximum Gasteiger partial charge on any atom is 0.408 e. The highest BCUT2D eigenvalue weighted by Gasteiger charge is 2.47. The Hall–Kier alpha value is -1.79. The molecule has 3 atom stereocenters. The second-order valence-corrected chi connectivity index (χ2v) is 6.62. The molecule has 0 unspecified atom stereocenters. The van der Waals surface area contributed by atoms with Gasteiger partial charge in [-0.25, -0.2) is 9.59 Å². The molecule has 0 bridgehead atoms. The van der Waals surface area contributed by atoms with Crippen LogP contribution in [0.15, 0.2) is 0 Å². The Labute approximate surface area is 123 Å². The molecule has 0 saturated carbocycles. The number of carbonyl (C=O) groups is 3. The quantitative estimate of drug-likeness (QED) is 0.796. The van der Waals surface area contributed by atoms with Crippen molar-refractivity contribution in [3.05, 3.63) is 0 Å². The maximum atomic E-state index is 12.3. The first kappa shape index (κ1) is 15.6. The smallest absolute Gasteiger partial charge is 0.408 e. The molecule has 2 aliphatic rings. The molecule has 2 N–H and O–H groups in total. The summed E-state index contributed by atoms with van der Waals surface area (Å²) in [5.41, 5.74) is -0.637. The molecule has 2 amide bonds. The Bertz CT molecular complexity index is 457. The number of rotatable bonds is 2. The first-order valence-corrected chi connectivity index (χ1v) is 7.23. The van der Waals surface area contributed by atoms with Crippen LogP contribution in [0.4, 0.5) is 4.79 Å². The van der Waals surface area contributed by atoms with Gasteiger partial charge >= 0.3 is 12.1 Å². The molecule has 2 aliphatic heterocycles. The fraction of sp³-hybridized carbons (Fsp3) is 0.786. The van der Waals surface area contributed by atoms with Crippen molar-refractivity contribution in [2.45, 2.75) is 70.2 Å². The van der Waals surface area contributed by atoms with Crippen molar-refractivity contribution in [1.82, 2.24) is 10.2 Å². The second-order valence-electron chi connectivity index (χ2n) is 6.62. The van der Waals surface area contributed by atoms with Gasteiger partial charge in [-0.2, -0.15) is 0 Å². The number of piperidine rings is 1. The number of fused-ring (bicyclic) bond motifs is 1. The second kappa shape index (κ2) is 5.54. The van der Waals surface area contributed by atoms with Gasteiger partial charge in [0.15, 0.2) is 0 Å². The highest BCUT2D eigenvalue weighted by molar-refractivity contribution is 5.91. The fourth-order valence-electron chi connectivity index (χ4n) is 3.01. The lowest BCUT2D eigenvalue weighted by molar-refractivity contribution is -0.152. The van der Waals surface area contributed by atoms with Crippen molar-refractivity contribution in [1.29, 1.82) is 0 Å². The number of carbonyl (C=O) groups excluding carboxylic acids is 2. The number of nitrogens with one attached hydrogen (secondary N) is 1. The summed E-state index contributed by atoms with van der Waals surface area (Å²) in [5, 5.41) is 11.8. The fourth-order valence-corrected chi connectivity index (χ4v) is 3.01. The van der Waals surface area contributed by atoms with E-state index in [0.717, 1.165) is 12.8 Å². The molecule has 2 fully saturated rings. The average Bonchev–Trinajstić information content (AvgIpc) is 2.63. The monoisotopic (exact) mass is 298 g/mol. The molecule has 7 nitrogen and oxygen atoms in total. The van der Waals surface area contributed by atoms with E-state index in [9.17, 15) is 19.5 Å². The van der Waals surface area contributed by atoms with Crippen LogP contribution in [0.1, 0.15) is 46.5 Å². The highest BCUT2D eigenvalue weighted by atomic mass is 16.6. The predicted octanol–water partition coefficient (Wildman–Crippen LogP) is 1.12. The number of alkyl carbamates (subject to hydrolysis) is 1. The summed E-state index contributed by atoms with van der Waals surface area (Å²) in [4.78, 5) is 36.8. The molecule has 118 valence electrons. The van der Waals surface area contributed by atoms with Crippen molar-refractivity contribution in [2.24, 2.45) is 0 Å². The summed E-state index contributed by atoms with van der Waals surface area (Å²) < 4.78 is 5.14. The molecule has 0 aromatic carbocycles. The zero-order valence-corrected chi connectivity index (χ0v) is 12.6. The van der Waals surface area contributed by atoms with Crippen LogP contribution in [0.5, 0.6) is 0 Å². The van der Waals surface area contributed by atoms with E-state index in [-0.39, 0.29) is 11.9 Å². The number of ether oxygens (including phenoxy) is 1.